The van der Waals surface area contributed by atoms with E-state index in [0.29, 0.717) is 0 Å². The highest BCUT2D eigenvalue weighted by molar-refractivity contribution is 7.91. The Balaban J connectivity index is 1.23. The molecule has 0 radical (unpaired) electrons. The van der Waals surface area contributed by atoms with Crippen LogP contribution in [-0.2, 0) is 19.3 Å². The molecule has 0 spiro atoms. The normalized spacial score (nSPS) is 12.4. The third kappa shape index (κ3) is 9.13. The summed E-state index contributed by atoms with van der Waals surface area (Å²) < 4.78 is 46.8. The summed E-state index contributed by atoms with van der Waals surface area (Å²) in [5, 5.41) is 76.9. The van der Waals surface area contributed by atoms with Crippen molar-refractivity contribution < 1.29 is 77.8 Å². The average Bonchev–Trinajstić information content (AvgIpc) is 3.08. The predicted octanol–water partition coefficient (Wildman–Crippen LogP) is 1.95. The molecule has 8 N–H and O–H groups in total. The van der Waals surface area contributed by atoms with Crippen LogP contribution in [0.1, 0.15) is 20.7 Å². The zero-order valence-electron chi connectivity index (χ0n) is 25.2. The first-order valence-electron chi connectivity index (χ1n) is 14.1. The second-order valence-corrected chi connectivity index (χ2v) is 12.2. The maximum Gasteiger partial charge on any atom is 0.338 e. The van der Waals surface area contributed by atoms with Crippen LogP contribution in [0.4, 0.5) is 0 Å². The number of hydrogen-bond acceptors (Lipinski definition) is 16. The summed E-state index contributed by atoms with van der Waals surface area (Å²) in [4.78, 5) is 24.0. The fourth-order valence-corrected chi connectivity index (χ4v) is 5.26. The molecule has 0 aliphatic carbocycles. The van der Waals surface area contributed by atoms with Gasteiger partial charge >= 0.3 is 11.9 Å². The first kappa shape index (κ1) is 35.9. The number of benzene rings is 4. The standard InChI is InChI=1S/C32H30O16S/c33-19(15-47-31(41)17-9-25(35)29(39)26(36)10-17)13-45-21-1-5-23(6-2-21)49(43,44)24-7-3-22(4-8-24)46-14-20(34)16-48-32(42)18-11-27(37)30(40)28(38)12-18/h1-12,19-20,33-40H,13-16H2. The van der Waals surface area contributed by atoms with E-state index < -0.39 is 81.7 Å². The Bertz CT molecular complexity index is 1730. The highest BCUT2D eigenvalue weighted by Crippen LogP contribution is 2.36. The van der Waals surface area contributed by atoms with E-state index in [9.17, 15) is 58.9 Å². The number of esters is 2. The molecule has 49 heavy (non-hydrogen) atoms. The number of carbonyl (C=O) groups is 2. The lowest BCUT2D eigenvalue weighted by Gasteiger charge is -2.14. The Kier molecular flexibility index (Phi) is 11.2. The molecule has 17 heteroatoms. The van der Waals surface area contributed by atoms with E-state index in [-0.39, 0.29) is 45.6 Å². The smallest absolute Gasteiger partial charge is 0.338 e. The van der Waals surface area contributed by atoms with E-state index in [1.165, 1.54) is 48.5 Å². The number of hydrogen-bond donors (Lipinski definition) is 8. The Labute approximate surface area is 277 Å². The van der Waals surface area contributed by atoms with Gasteiger partial charge in [0.2, 0.25) is 9.84 Å². The lowest BCUT2D eigenvalue weighted by Crippen LogP contribution is -2.25. The van der Waals surface area contributed by atoms with Crippen molar-refractivity contribution in [3.8, 4) is 46.0 Å². The minimum atomic E-state index is -3.97. The van der Waals surface area contributed by atoms with Gasteiger partial charge in [-0.25, -0.2) is 18.0 Å². The van der Waals surface area contributed by atoms with Crippen LogP contribution in [0.5, 0.6) is 46.0 Å². The lowest BCUT2D eigenvalue weighted by molar-refractivity contribution is 0.0127. The van der Waals surface area contributed by atoms with Gasteiger partial charge in [-0.05, 0) is 72.8 Å². The van der Waals surface area contributed by atoms with Gasteiger partial charge in [-0.15, -0.1) is 0 Å². The third-order valence-electron chi connectivity index (χ3n) is 6.58. The summed E-state index contributed by atoms with van der Waals surface area (Å²) in [5.41, 5.74) is -0.539. The summed E-state index contributed by atoms with van der Waals surface area (Å²) in [6.45, 7) is -1.70. The van der Waals surface area contributed by atoms with E-state index in [4.69, 9.17) is 18.9 Å². The number of aliphatic hydroxyl groups excluding tert-OH is 2. The fourth-order valence-electron chi connectivity index (χ4n) is 4.00. The number of aliphatic hydroxyl groups is 2. The molecule has 4 rings (SSSR count). The fraction of sp³-hybridized carbons (Fsp3) is 0.188. The van der Waals surface area contributed by atoms with Crippen molar-refractivity contribution in [2.45, 2.75) is 22.0 Å². The second-order valence-electron chi connectivity index (χ2n) is 10.3. The molecule has 0 bridgehead atoms. The van der Waals surface area contributed by atoms with Crippen molar-refractivity contribution in [2.24, 2.45) is 0 Å². The van der Waals surface area contributed by atoms with Gasteiger partial charge in [0.05, 0.1) is 20.9 Å². The summed E-state index contributed by atoms with van der Waals surface area (Å²) >= 11 is 0. The molecule has 0 fully saturated rings. The van der Waals surface area contributed by atoms with Crippen molar-refractivity contribution >= 4 is 21.8 Å². The molecular weight excluding hydrogens is 672 g/mol. The second kappa shape index (κ2) is 15.3. The van der Waals surface area contributed by atoms with Gasteiger partial charge in [-0.1, -0.05) is 0 Å². The zero-order valence-corrected chi connectivity index (χ0v) is 26.0. The van der Waals surface area contributed by atoms with Gasteiger partial charge in [0.25, 0.3) is 0 Å². The lowest BCUT2D eigenvalue weighted by atomic mass is 10.2. The molecule has 0 aliphatic rings. The molecule has 16 nitrogen and oxygen atoms in total. The van der Waals surface area contributed by atoms with Crippen LogP contribution in [0.3, 0.4) is 0 Å². The highest BCUT2D eigenvalue weighted by Gasteiger charge is 2.20. The van der Waals surface area contributed by atoms with Gasteiger partial charge in [0.15, 0.2) is 34.5 Å². The third-order valence-corrected chi connectivity index (χ3v) is 8.36. The highest BCUT2D eigenvalue weighted by atomic mass is 32.2. The van der Waals surface area contributed by atoms with Crippen LogP contribution in [0.2, 0.25) is 0 Å². The molecule has 0 amide bonds. The zero-order chi connectivity index (χ0) is 35.9. The van der Waals surface area contributed by atoms with Crippen molar-refractivity contribution in [3.63, 3.8) is 0 Å². The molecule has 0 heterocycles. The molecule has 0 aliphatic heterocycles. The Hall–Kier alpha value is -5.91. The van der Waals surface area contributed by atoms with Crippen molar-refractivity contribution in [2.75, 3.05) is 26.4 Å². The first-order chi connectivity index (χ1) is 23.1. The van der Waals surface area contributed by atoms with Crippen molar-refractivity contribution in [1.29, 1.82) is 0 Å². The number of carbonyl (C=O) groups excluding carboxylic acids is 2. The minimum absolute atomic E-state index is 0.0732. The monoisotopic (exact) mass is 702 g/mol. The van der Waals surface area contributed by atoms with Gasteiger partial charge in [-0.3, -0.25) is 0 Å². The molecule has 0 aromatic heterocycles. The van der Waals surface area contributed by atoms with Gasteiger partial charge in [0, 0.05) is 0 Å². The summed E-state index contributed by atoms with van der Waals surface area (Å²) in [6.07, 6.45) is -2.58. The summed E-state index contributed by atoms with van der Waals surface area (Å²) in [5.74, 6) is -6.14. The van der Waals surface area contributed by atoms with E-state index in [1.807, 2.05) is 0 Å². The van der Waals surface area contributed by atoms with Crippen LogP contribution in [0, 0.1) is 0 Å². The molecule has 0 saturated carbocycles. The maximum absolute atomic E-state index is 13.1. The summed E-state index contributed by atoms with van der Waals surface area (Å²) in [6, 6.07) is 14.0. The van der Waals surface area contributed by atoms with Crippen LogP contribution in [-0.4, -0.2) is 99.8 Å². The van der Waals surface area contributed by atoms with Crippen molar-refractivity contribution in [3.05, 3.63) is 83.9 Å². The van der Waals surface area contributed by atoms with E-state index in [2.05, 4.69) is 0 Å². The molecule has 0 saturated heterocycles. The average molecular weight is 703 g/mol. The number of phenolic OH excluding ortho intramolecular Hbond substituents is 6. The summed E-state index contributed by atoms with van der Waals surface area (Å²) in [7, 11) is -3.97. The number of ether oxygens (including phenoxy) is 4. The largest absolute Gasteiger partial charge is 0.504 e. The molecule has 4 aromatic carbocycles. The van der Waals surface area contributed by atoms with Crippen LogP contribution >= 0.6 is 0 Å². The van der Waals surface area contributed by atoms with E-state index in [0.717, 1.165) is 24.3 Å². The van der Waals surface area contributed by atoms with Crippen LogP contribution < -0.4 is 9.47 Å². The number of sulfone groups is 1. The van der Waals surface area contributed by atoms with Crippen molar-refractivity contribution in [1.82, 2.24) is 0 Å². The minimum Gasteiger partial charge on any atom is -0.504 e. The molecule has 4 aromatic rings. The SMILES string of the molecule is O=C(OCC(O)COc1ccc(S(=O)(=O)c2ccc(OCC(O)COC(=O)c3cc(O)c(O)c(O)c3)cc2)cc1)c1cc(O)c(O)c(O)c1. The molecule has 2 atom stereocenters. The Morgan fingerprint density at radius 2 is 0.837 bits per heavy atom. The molecule has 260 valence electrons. The Morgan fingerprint density at radius 3 is 1.14 bits per heavy atom. The van der Waals surface area contributed by atoms with Gasteiger partial charge in [-0.2, -0.15) is 0 Å². The molecular formula is C32H30O16S. The topological polar surface area (TPSA) is 267 Å². The first-order valence-corrected chi connectivity index (χ1v) is 15.5. The van der Waals surface area contributed by atoms with Gasteiger partial charge < -0.3 is 59.8 Å². The molecule has 2 unspecified atom stereocenters. The van der Waals surface area contributed by atoms with Crippen LogP contribution in [0.25, 0.3) is 0 Å². The van der Waals surface area contributed by atoms with E-state index >= 15 is 0 Å². The maximum atomic E-state index is 13.1. The van der Waals surface area contributed by atoms with E-state index in [1.54, 1.807) is 0 Å². The number of rotatable bonds is 14. The van der Waals surface area contributed by atoms with Crippen LogP contribution in [0.15, 0.2) is 82.6 Å². The van der Waals surface area contributed by atoms with Gasteiger partial charge in [0.1, 0.15) is 50.1 Å². The predicted molar refractivity (Wildman–Crippen MR) is 165 cm³/mol. The number of phenols is 6. The number of aromatic hydroxyl groups is 6. The quantitative estimate of drug-likeness (QED) is 0.0689. The Morgan fingerprint density at radius 1 is 0.531 bits per heavy atom.